The number of fused-ring (bicyclic) bond motifs is 1. The highest BCUT2D eigenvalue weighted by atomic mass is 32.2. The maximum atomic E-state index is 12.0. The van der Waals surface area contributed by atoms with E-state index in [2.05, 4.69) is 11.9 Å². The van der Waals surface area contributed by atoms with Gasteiger partial charge in [0.1, 0.15) is 6.10 Å². The lowest BCUT2D eigenvalue weighted by Crippen LogP contribution is -2.26. The molecule has 0 aromatic heterocycles. The molecule has 2 aliphatic rings. The number of hydrogen-bond donors (Lipinski definition) is 2. The molecule has 3 amide bonds. The predicted molar refractivity (Wildman–Crippen MR) is 86.4 cm³/mol. The number of benzene rings is 1. The van der Waals surface area contributed by atoms with Gasteiger partial charge in [0.2, 0.25) is 11.8 Å². The normalized spacial score (nSPS) is 19.8. The van der Waals surface area contributed by atoms with Crippen molar-refractivity contribution in [1.29, 1.82) is 0 Å². The van der Waals surface area contributed by atoms with Gasteiger partial charge in [0.25, 0.3) is 0 Å². The van der Waals surface area contributed by atoms with E-state index in [9.17, 15) is 14.4 Å². The van der Waals surface area contributed by atoms with Crippen molar-refractivity contribution in [1.82, 2.24) is 0 Å². The summed E-state index contributed by atoms with van der Waals surface area (Å²) in [5.41, 5.74) is 6.68. The Bertz CT molecular complexity index is 719. The second-order valence-corrected chi connectivity index (χ2v) is 6.32. The first-order valence-corrected chi connectivity index (χ1v) is 7.95. The minimum atomic E-state index is -0.604. The SMILES string of the molecule is C=C(C[C@@H]1CN(c2ccc3c(c2)NC(=O)CS3)C(=O)O1)C(N)=O. The van der Waals surface area contributed by atoms with Crippen LogP contribution in [0.25, 0.3) is 0 Å². The molecule has 1 aromatic rings. The third-order valence-corrected chi connectivity index (χ3v) is 4.68. The van der Waals surface area contributed by atoms with Gasteiger partial charge in [-0.2, -0.15) is 0 Å². The number of rotatable bonds is 4. The van der Waals surface area contributed by atoms with Crippen LogP contribution in [0.5, 0.6) is 0 Å². The minimum Gasteiger partial charge on any atom is -0.444 e. The Morgan fingerprint density at radius 2 is 2.26 bits per heavy atom. The summed E-state index contributed by atoms with van der Waals surface area (Å²) >= 11 is 1.45. The van der Waals surface area contributed by atoms with Crippen LogP contribution in [0, 0.1) is 0 Å². The molecule has 0 unspecified atom stereocenters. The standard InChI is InChI=1S/C15H15N3O4S/c1-8(14(16)20)4-10-6-18(15(21)22-10)9-2-3-12-11(5-9)17-13(19)7-23-12/h2-3,5,10H,1,4,6-7H2,(H2,16,20)(H,17,19)/t10-/m1/s1. The van der Waals surface area contributed by atoms with Gasteiger partial charge < -0.3 is 15.8 Å². The predicted octanol–water partition coefficient (Wildman–Crippen LogP) is 1.49. The largest absolute Gasteiger partial charge is 0.444 e. The van der Waals surface area contributed by atoms with E-state index in [-0.39, 0.29) is 17.9 Å². The Morgan fingerprint density at radius 3 is 3.00 bits per heavy atom. The lowest BCUT2D eigenvalue weighted by atomic mass is 10.1. The summed E-state index contributed by atoms with van der Waals surface area (Å²) in [5.74, 6) is -0.289. The molecule has 0 spiro atoms. The number of primary amides is 1. The molecule has 2 aliphatic heterocycles. The molecule has 1 fully saturated rings. The van der Waals surface area contributed by atoms with Gasteiger partial charge in [-0.25, -0.2) is 4.79 Å². The van der Waals surface area contributed by atoms with Crippen molar-refractivity contribution < 1.29 is 19.1 Å². The molecule has 0 aliphatic carbocycles. The average Bonchev–Trinajstić information content (AvgIpc) is 2.86. The molecular formula is C15H15N3O4S. The number of carbonyl (C=O) groups excluding carboxylic acids is 3. The molecule has 1 aromatic carbocycles. The Kier molecular flexibility index (Phi) is 3.99. The van der Waals surface area contributed by atoms with Gasteiger partial charge >= 0.3 is 6.09 Å². The van der Waals surface area contributed by atoms with Crippen LogP contribution in [0.1, 0.15) is 6.42 Å². The zero-order valence-corrected chi connectivity index (χ0v) is 13.0. The number of nitrogens with two attached hydrogens (primary N) is 1. The fourth-order valence-electron chi connectivity index (χ4n) is 2.45. The molecule has 0 radical (unpaired) electrons. The van der Waals surface area contributed by atoms with Crippen LogP contribution < -0.4 is 16.0 Å². The highest BCUT2D eigenvalue weighted by Crippen LogP contribution is 2.35. The topological polar surface area (TPSA) is 102 Å². The van der Waals surface area contributed by atoms with Gasteiger partial charge in [0, 0.05) is 22.6 Å². The summed E-state index contributed by atoms with van der Waals surface area (Å²) in [5, 5.41) is 2.78. The summed E-state index contributed by atoms with van der Waals surface area (Å²) < 4.78 is 5.24. The quantitative estimate of drug-likeness (QED) is 0.813. The molecule has 1 atom stereocenters. The van der Waals surface area contributed by atoms with E-state index < -0.39 is 18.1 Å². The van der Waals surface area contributed by atoms with Crippen molar-refractivity contribution in [3.05, 3.63) is 30.4 Å². The van der Waals surface area contributed by atoms with E-state index in [0.29, 0.717) is 23.7 Å². The highest BCUT2D eigenvalue weighted by Gasteiger charge is 2.33. The van der Waals surface area contributed by atoms with Crippen molar-refractivity contribution in [2.75, 3.05) is 22.5 Å². The van der Waals surface area contributed by atoms with Gasteiger partial charge in [-0.1, -0.05) is 6.58 Å². The summed E-state index contributed by atoms with van der Waals surface area (Å²) in [7, 11) is 0. The van der Waals surface area contributed by atoms with E-state index in [0.717, 1.165) is 4.90 Å². The number of nitrogens with one attached hydrogen (secondary N) is 1. The Labute approximate surface area is 136 Å². The van der Waals surface area contributed by atoms with Crippen molar-refractivity contribution in [3.8, 4) is 0 Å². The third-order valence-electron chi connectivity index (χ3n) is 3.60. The van der Waals surface area contributed by atoms with Crippen molar-refractivity contribution >= 4 is 41.0 Å². The monoisotopic (exact) mass is 333 g/mol. The van der Waals surface area contributed by atoms with Gasteiger partial charge in [0.15, 0.2) is 0 Å². The molecule has 2 heterocycles. The molecule has 7 nitrogen and oxygen atoms in total. The Balaban J connectivity index is 1.76. The lowest BCUT2D eigenvalue weighted by Gasteiger charge is -2.19. The first kappa shape index (κ1) is 15.4. The fourth-order valence-corrected chi connectivity index (χ4v) is 3.24. The van der Waals surface area contributed by atoms with E-state index >= 15 is 0 Å². The summed E-state index contributed by atoms with van der Waals surface area (Å²) in [6, 6.07) is 5.40. The van der Waals surface area contributed by atoms with Crippen LogP contribution in [-0.4, -0.2) is 36.3 Å². The van der Waals surface area contributed by atoms with Crippen LogP contribution >= 0.6 is 11.8 Å². The molecule has 3 rings (SSSR count). The number of cyclic esters (lactones) is 1. The molecule has 0 bridgehead atoms. The smallest absolute Gasteiger partial charge is 0.414 e. The number of carbonyl (C=O) groups is 3. The van der Waals surface area contributed by atoms with Crippen molar-refractivity contribution in [3.63, 3.8) is 0 Å². The van der Waals surface area contributed by atoms with E-state index in [1.54, 1.807) is 12.1 Å². The van der Waals surface area contributed by atoms with Crippen LogP contribution in [0.2, 0.25) is 0 Å². The lowest BCUT2D eigenvalue weighted by molar-refractivity contribution is -0.115. The van der Waals surface area contributed by atoms with E-state index in [1.807, 2.05) is 6.07 Å². The molecule has 8 heteroatoms. The first-order chi connectivity index (χ1) is 10.9. The number of thioether (sulfide) groups is 1. The molecule has 23 heavy (non-hydrogen) atoms. The number of anilines is 2. The van der Waals surface area contributed by atoms with Crippen LogP contribution in [-0.2, 0) is 14.3 Å². The molecule has 120 valence electrons. The van der Waals surface area contributed by atoms with Gasteiger partial charge in [-0.05, 0) is 18.2 Å². The maximum Gasteiger partial charge on any atom is 0.414 e. The van der Waals surface area contributed by atoms with Gasteiger partial charge in [-0.15, -0.1) is 11.8 Å². The zero-order chi connectivity index (χ0) is 16.6. The summed E-state index contributed by atoms with van der Waals surface area (Å²) in [6.45, 7) is 3.87. The first-order valence-electron chi connectivity index (χ1n) is 6.96. The number of hydrogen-bond acceptors (Lipinski definition) is 5. The maximum absolute atomic E-state index is 12.0. The number of nitrogens with zero attached hydrogens (tertiary/aromatic N) is 1. The van der Waals surface area contributed by atoms with E-state index in [1.165, 1.54) is 16.7 Å². The van der Waals surface area contributed by atoms with Crippen LogP contribution in [0.3, 0.4) is 0 Å². The average molecular weight is 333 g/mol. The fraction of sp³-hybridized carbons (Fsp3) is 0.267. The second kappa shape index (κ2) is 5.96. The molecule has 1 saturated heterocycles. The molecular weight excluding hydrogens is 318 g/mol. The highest BCUT2D eigenvalue weighted by molar-refractivity contribution is 8.00. The minimum absolute atomic E-state index is 0.0701. The van der Waals surface area contributed by atoms with Gasteiger partial charge in [-0.3, -0.25) is 14.5 Å². The Hall–Kier alpha value is -2.48. The van der Waals surface area contributed by atoms with Crippen molar-refractivity contribution in [2.24, 2.45) is 5.73 Å². The second-order valence-electron chi connectivity index (χ2n) is 5.31. The molecule has 3 N–H and O–H groups in total. The summed E-state index contributed by atoms with van der Waals surface area (Å²) in [4.78, 5) is 37.0. The van der Waals surface area contributed by atoms with Gasteiger partial charge in [0.05, 0.1) is 18.0 Å². The molecule has 0 saturated carbocycles. The summed E-state index contributed by atoms with van der Waals surface area (Å²) in [6.07, 6.45) is -0.765. The zero-order valence-electron chi connectivity index (χ0n) is 12.2. The number of ether oxygens (including phenoxy) is 1. The van der Waals surface area contributed by atoms with Crippen LogP contribution in [0.15, 0.2) is 35.2 Å². The third kappa shape index (κ3) is 3.16. The van der Waals surface area contributed by atoms with Crippen molar-refractivity contribution in [2.45, 2.75) is 17.4 Å². The Morgan fingerprint density at radius 1 is 1.48 bits per heavy atom. The number of amides is 3. The van der Waals surface area contributed by atoms with E-state index in [4.69, 9.17) is 10.5 Å². The van der Waals surface area contributed by atoms with Crippen LogP contribution in [0.4, 0.5) is 16.2 Å².